The third kappa shape index (κ3) is 7.17. The summed E-state index contributed by atoms with van der Waals surface area (Å²) in [5, 5.41) is 4.68. The second-order valence-corrected chi connectivity index (χ2v) is 8.84. The number of halogens is 2. The number of benzene rings is 1. The molecule has 6 nitrogen and oxygen atoms in total. The standard InChI is InChI=1S/C20H26F2N3O3P.C2H6/c1-13-11-17(14-5-7-16(8-6-14)27-20(21,22)29)23-25(13)15-9-10-24(12-15)18(26)28-19(2,3)4;1-2/h5-8,11,15H,9-10,12,29H2,1-4H3;1-2H3. The lowest BCUT2D eigenvalue weighted by molar-refractivity contribution is -0.0892. The summed E-state index contributed by atoms with van der Waals surface area (Å²) in [6.45, 7) is 12.6. The van der Waals surface area contributed by atoms with Crippen LogP contribution in [-0.4, -0.2) is 45.3 Å². The Morgan fingerprint density at radius 1 is 1.19 bits per heavy atom. The van der Waals surface area contributed by atoms with Crippen LogP contribution in [0.25, 0.3) is 11.3 Å². The molecule has 172 valence electrons. The number of aromatic nitrogens is 2. The van der Waals surface area contributed by atoms with Crippen LogP contribution in [0.3, 0.4) is 0 Å². The Balaban J connectivity index is 0.00000166. The molecule has 31 heavy (non-hydrogen) atoms. The first-order valence-corrected chi connectivity index (χ1v) is 11.0. The van der Waals surface area contributed by atoms with Gasteiger partial charge in [-0.2, -0.15) is 13.9 Å². The molecule has 2 atom stereocenters. The lowest BCUT2D eigenvalue weighted by Crippen LogP contribution is -2.35. The van der Waals surface area contributed by atoms with Crippen LogP contribution in [0, 0.1) is 6.92 Å². The predicted molar refractivity (Wildman–Crippen MR) is 120 cm³/mol. The summed E-state index contributed by atoms with van der Waals surface area (Å²) in [6.07, 6.45) is 0.476. The number of carbonyl (C=O) groups is 1. The maximum Gasteiger partial charge on any atom is 0.410 e. The number of likely N-dealkylation sites (tertiary alicyclic amines) is 1. The number of hydrogen-bond acceptors (Lipinski definition) is 4. The molecule has 1 aliphatic rings. The minimum atomic E-state index is -3.30. The number of alkyl halides is 2. The van der Waals surface area contributed by atoms with E-state index in [9.17, 15) is 13.6 Å². The van der Waals surface area contributed by atoms with Crippen molar-refractivity contribution in [3.63, 3.8) is 0 Å². The Bertz CT molecular complexity index is 874. The fraction of sp³-hybridized carbons (Fsp3) is 0.545. The molecule has 0 saturated carbocycles. The zero-order valence-corrected chi connectivity index (χ0v) is 20.1. The van der Waals surface area contributed by atoms with Crippen LogP contribution in [0.5, 0.6) is 5.75 Å². The molecule has 0 aliphatic carbocycles. The normalized spacial score (nSPS) is 16.5. The van der Waals surface area contributed by atoms with E-state index in [4.69, 9.17) is 4.74 Å². The molecule has 1 amide bonds. The van der Waals surface area contributed by atoms with Crippen molar-refractivity contribution in [2.24, 2.45) is 0 Å². The van der Waals surface area contributed by atoms with Crippen LogP contribution >= 0.6 is 9.24 Å². The Labute approximate surface area is 185 Å². The SMILES string of the molecule is CC.Cc1cc(-c2ccc(OC(F)(F)P)cc2)nn1C1CCN(C(=O)OC(C)(C)C)C1. The second kappa shape index (κ2) is 9.94. The monoisotopic (exact) mass is 455 g/mol. The minimum Gasteiger partial charge on any atom is -0.444 e. The van der Waals surface area contributed by atoms with E-state index in [0.717, 1.165) is 23.4 Å². The molecule has 1 aromatic heterocycles. The summed E-state index contributed by atoms with van der Waals surface area (Å²) in [4.78, 5) is 14.0. The number of amides is 1. The summed E-state index contributed by atoms with van der Waals surface area (Å²) in [7, 11) is 1.35. The van der Waals surface area contributed by atoms with Crippen LogP contribution in [-0.2, 0) is 4.74 Å². The summed E-state index contributed by atoms with van der Waals surface area (Å²) in [5.41, 5.74) is 1.98. The number of nitrogens with zero attached hydrogens (tertiary/aromatic N) is 3. The summed E-state index contributed by atoms with van der Waals surface area (Å²) < 4.78 is 37.7. The van der Waals surface area contributed by atoms with E-state index in [1.54, 1.807) is 17.0 Å². The molecule has 0 spiro atoms. The van der Waals surface area contributed by atoms with Gasteiger partial charge in [0, 0.05) is 24.3 Å². The first-order valence-electron chi connectivity index (χ1n) is 10.4. The van der Waals surface area contributed by atoms with Gasteiger partial charge < -0.3 is 14.4 Å². The van der Waals surface area contributed by atoms with Crippen molar-refractivity contribution in [3.8, 4) is 17.0 Å². The number of rotatable bonds is 4. The van der Waals surface area contributed by atoms with Crippen molar-refractivity contribution in [2.45, 2.75) is 65.5 Å². The van der Waals surface area contributed by atoms with Gasteiger partial charge in [0.15, 0.2) is 0 Å². The molecule has 3 rings (SSSR count). The fourth-order valence-corrected chi connectivity index (χ4v) is 3.42. The van der Waals surface area contributed by atoms with Gasteiger partial charge >= 0.3 is 11.9 Å². The lowest BCUT2D eigenvalue weighted by Gasteiger charge is -2.24. The highest BCUT2D eigenvalue weighted by atomic mass is 31.0. The minimum absolute atomic E-state index is 0.0645. The summed E-state index contributed by atoms with van der Waals surface area (Å²) >= 11 is 0. The van der Waals surface area contributed by atoms with E-state index in [2.05, 4.69) is 9.84 Å². The van der Waals surface area contributed by atoms with Crippen LogP contribution in [0.15, 0.2) is 30.3 Å². The Morgan fingerprint density at radius 2 is 1.81 bits per heavy atom. The molecule has 2 heterocycles. The van der Waals surface area contributed by atoms with Crippen LogP contribution < -0.4 is 4.74 Å². The molecule has 9 heteroatoms. The van der Waals surface area contributed by atoms with Crippen LogP contribution in [0.1, 0.15) is 52.8 Å². The van der Waals surface area contributed by atoms with E-state index in [0.29, 0.717) is 13.1 Å². The number of aryl methyl sites for hydroxylation is 1. The van der Waals surface area contributed by atoms with Gasteiger partial charge in [0.1, 0.15) is 11.4 Å². The Morgan fingerprint density at radius 3 is 2.35 bits per heavy atom. The average Bonchev–Trinajstić information content (AvgIpc) is 3.28. The maximum absolute atomic E-state index is 12.9. The van der Waals surface area contributed by atoms with Gasteiger partial charge in [0.05, 0.1) is 11.7 Å². The zero-order chi connectivity index (χ0) is 23.4. The lowest BCUT2D eigenvalue weighted by atomic mass is 10.1. The Hall–Kier alpha value is -2.21. The van der Waals surface area contributed by atoms with Crippen molar-refractivity contribution >= 4 is 15.3 Å². The molecular formula is C22H32F2N3O3P. The quantitative estimate of drug-likeness (QED) is 0.541. The molecule has 1 fully saturated rings. The van der Waals surface area contributed by atoms with E-state index in [1.807, 2.05) is 52.3 Å². The molecule has 0 bridgehead atoms. The van der Waals surface area contributed by atoms with Gasteiger partial charge in [-0.05, 0) is 73.7 Å². The van der Waals surface area contributed by atoms with Gasteiger partial charge in [0.25, 0.3) is 0 Å². The number of carbonyl (C=O) groups excluding carboxylic acids is 1. The molecule has 2 aromatic rings. The zero-order valence-electron chi connectivity index (χ0n) is 19.0. The third-order valence-corrected chi connectivity index (χ3v) is 4.61. The molecular weight excluding hydrogens is 423 g/mol. The second-order valence-electron chi connectivity index (χ2n) is 8.17. The van der Waals surface area contributed by atoms with Gasteiger partial charge in [-0.15, -0.1) is 0 Å². The van der Waals surface area contributed by atoms with E-state index in [1.165, 1.54) is 21.4 Å². The van der Waals surface area contributed by atoms with Crippen molar-refractivity contribution in [1.82, 2.24) is 14.7 Å². The maximum atomic E-state index is 12.9. The van der Waals surface area contributed by atoms with Crippen LogP contribution in [0.2, 0.25) is 0 Å². The van der Waals surface area contributed by atoms with E-state index < -0.39 is 11.5 Å². The van der Waals surface area contributed by atoms with E-state index in [-0.39, 0.29) is 17.9 Å². The molecule has 0 radical (unpaired) electrons. The van der Waals surface area contributed by atoms with Gasteiger partial charge in [0.2, 0.25) is 0 Å². The van der Waals surface area contributed by atoms with Crippen molar-refractivity contribution in [1.29, 1.82) is 0 Å². The summed E-state index contributed by atoms with van der Waals surface area (Å²) in [5.74, 6) is -3.23. The Kier molecular flexibility index (Phi) is 8.04. The third-order valence-electron chi connectivity index (χ3n) is 4.49. The topological polar surface area (TPSA) is 56.6 Å². The molecule has 1 saturated heterocycles. The van der Waals surface area contributed by atoms with Crippen molar-refractivity contribution in [2.75, 3.05) is 13.1 Å². The molecule has 2 unspecified atom stereocenters. The van der Waals surface area contributed by atoms with Crippen molar-refractivity contribution in [3.05, 3.63) is 36.0 Å². The van der Waals surface area contributed by atoms with Gasteiger partial charge in [-0.25, -0.2) is 4.79 Å². The smallest absolute Gasteiger partial charge is 0.410 e. The number of ether oxygens (including phenoxy) is 2. The fourth-order valence-electron chi connectivity index (χ4n) is 3.28. The average molecular weight is 455 g/mol. The first kappa shape index (κ1) is 25.1. The summed E-state index contributed by atoms with van der Waals surface area (Å²) in [6, 6.07) is 8.37. The van der Waals surface area contributed by atoms with Crippen LogP contribution in [0.4, 0.5) is 13.6 Å². The largest absolute Gasteiger partial charge is 0.444 e. The predicted octanol–water partition coefficient (Wildman–Crippen LogP) is 5.87. The van der Waals surface area contributed by atoms with E-state index >= 15 is 0 Å². The molecule has 0 N–H and O–H groups in total. The van der Waals surface area contributed by atoms with Gasteiger partial charge in [-0.1, -0.05) is 13.8 Å². The highest BCUT2D eigenvalue weighted by Gasteiger charge is 2.32. The highest BCUT2D eigenvalue weighted by Crippen LogP contribution is 2.30. The number of hydrogen-bond donors (Lipinski definition) is 0. The first-order chi connectivity index (χ1) is 14.4. The molecule has 1 aromatic carbocycles. The van der Waals surface area contributed by atoms with Gasteiger partial charge in [-0.3, -0.25) is 4.68 Å². The highest BCUT2D eigenvalue weighted by molar-refractivity contribution is 7.17. The molecule has 1 aliphatic heterocycles. The van der Waals surface area contributed by atoms with Crippen molar-refractivity contribution < 1.29 is 23.0 Å².